The van der Waals surface area contributed by atoms with E-state index >= 15 is 0 Å². The van der Waals surface area contributed by atoms with Crippen LogP contribution in [-0.2, 0) is 5.41 Å². The summed E-state index contributed by atoms with van der Waals surface area (Å²) in [6, 6.07) is 58.1. The zero-order valence-corrected chi connectivity index (χ0v) is 24.9. The number of rotatable bonds is 1. The van der Waals surface area contributed by atoms with E-state index in [1.54, 1.807) is 0 Å². The Labute approximate surface area is 265 Å². The number of nitrogens with zero attached hydrogens (tertiary/aromatic N) is 2. The lowest BCUT2D eigenvalue weighted by molar-refractivity contribution is 0.738. The Bertz CT molecular complexity index is 2730. The largest absolute Gasteiger partial charge is 0.295 e. The fourth-order valence-corrected chi connectivity index (χ4v) is 8.80. The molecule has 0 amide bonds. The van der Waals surface area contributed by atoms with Crippen LogP contribution < -0.4 is 0 Å². The van der Waals surface area contributed by atoms with E-state index in [9.17, 15) is 0 Å². The lowest BCUT2D eigenvalue weighted by Gasteiger charge is -2.27. The number of hydrogen-bond acceptors (Lipinski definition) is 1. The predicted octanol–water partition coefficient (Wildman–Crippen LogP) is 10.8. The van der Waals surface area contributed by atoms with E-state index < -0.39 is 5.41 Å². The summed E-state index contributed by atoms with van der Waals surface area (Å²) in [5.41, 5.74) is 11.9. The van der Waals surface area contributed by atoms with E-state index in [1.807, 2.05) is 0 Å². The number of benzene rings is 8. The van der Waals surface area contributed by atoms with Gasteiger partial charge in [0.1, 0.15) is 11.2 Å². The molecule has 1 atom stereocenters. The highest BCUT2D eigenvalue weighted by Gasteiger charge is 2.54. The average Bonchev–Trinajstić information content (AvgIpc) is 3.75. The standard InChI is InChI=1S/C44H26N2/c1-2-14-31-29(12-1)30-13-3-4-15-32(30)35-26-27(24-25-33(31)35)28-17-11-20-38-42(28)34-16-5-6-18-36(34)44(38)37-19-7-9-22-40(37)46-41-23-10-8-21-39(41)45-43(44)46/h1-26H. The Morgan fingerprint density at radius 1 is 0.435 bits per heavy atom. The molecule has 1 unspecified atom stereocenters. The normalized spacial score (nSPS) is 15.9. The van der Waals surface area contributed by atoms with Crippen molar-refractivity contribution >= 4 is 43.4 Å². The molecule has 2 heterocycles. The van der Waals surface area contributed by atoms with Crippen LogP contribution in [0.2, 0.25) is 0 Å². The number of fused-ring (bicyclic) bond motifs is 18. The highest BCUT2D eigenvalue weighted by molar-refractivity contribution is 6.25. The minimum Gasteiger partial charge on any atom is -0.295 e. The second kappa shape index (κ2) is 8.59. The summed E-state index contributed by atoms with van der Waals surface area (Å²) < 4.78 is 2.40. The Morgan fingerprint density at radius 2 is 1.02 bits per heavy atom. The number of hydrogen-bond donors (Lipinski definition) is 0. The Kier molecular flexibility index (Phi) is 4.55. The molecule has 1 spiro atoms. The molecule has 212 valence electrons. The molecule has 0 saturated carbocycles. The molecule has 2 nitrogen and oxygen atoms in total. The van der Waals surface area contributed by atoms with Gasteiger partial charge >= 0.3 is 0 Å². The monoisotopic (exact) mass is 582 g/mol. The van der Waals surface area contributed by atoms with Gasteiger partial charge in [-0.15, -0.1) is 0 Å². The van der Waals surface area contributed by atoms with E-state index in [4.69, 9.17) is 4.98 Å². The van der Waals surface area contributed by atoms with Crippen LogP contribution in [-0.4, -0.2) is 9.55 Å². The summed E-state index contributed by atoms with van der Waals surface area (Å²) in [7, 11) is 0. The molecule has 0 fully saturated rings. The quantitative estimate of drug-likeness (QED) is 0.176. The maximum Gasteiger partial charge on any atom is 0.134 e. The zero-order valence-electron chi connectivity index (χ0n) is 24.9. The molecule has 1 aliphatic carbocycles. The van der Waals surface area contributed by atoms with Crippen LogP contribution >= 0.6 is 0 Å². The van der Waals surface area contributed by atoms with Crippen molar-refractivity contribution in [1.29, 1.82) is 0 Å². The number of para-hydroxylation sites is 3. The molecule has 1 aromatic heterocycles. The molecule has 0 bridgehead atoms. The predicted molar refractivity (Wildman–Crippen MR) is 190 cm³/mol. The van der Waals surface area contributed by atoms with Crippen molar-refractivity contribution in [2.75, 3.05) is 0 Å². The summed E-state index contributed by atoms with van der Waals surface area (Å²) >= 11 is 0. The minimum atomic E-state index is -0.503. The summed E-state index contributed by atoms with van der Waals surface area (Å²) in [6.07, 6.45) is 0. The third-order valence-electron chi connectivity index (χ3n) is 10.6. The van der Waals surface area contributed by atoms with E-state index in [0.29, 0.717) is 0 Å². The maximum absolute atomic E-state index is 5.41. The van der Waals surface area contributed by atoms with Crippen molar-refractivity contribution in [3.8, 4) is 27.9 Å². The SMILES string of the molecule is c1ccc2c(c1)-c1c(-c3ccc4c5ccccc5c5ccccc5c4c3)cccc1C21c2ccccc2-n2c1nc1ccccc12. The van der Waals surface area contributed by atoms with Crippen molar-refractivity contribution < 1.29 is 0 Å². The molecular weight excluding hydrogens is 556 g/mol. The minimum absolute atomic E-state index is 0.503. The molecule has 2 heteroatoms. The van der Waals surface area contributed by atoms with E-state index in [1.165, 1.54) is 76.9 Å². The van der Waals surface area contributed by atoms with Gasteiger partial charge in [-0.1, -0.05) is 133 Å². The third-order valence-corrected chi connectivity index (χ3v) is 10.6. The lowest BCUT2D eigenvalue weighted by atomic mass is 9.72. The number of imidazole rings is 1. The second-order valence-corrected chi connectivity index (χ2v) is 12.7. The Balaban J connectivity index is 1.25. The Morgan fingerprint density at radius 3 is 1.83 bits per heavy atom. The summed E-state index contributed by atoms with van der Waals surface area (Å²) in [5, 5.41) is 7.77. The number of aromatic nitrogens is 2. The summed E-state index contributed by atoms with van der Waals surface area (Å²) in [6.45, 7) is 0. The third kappa shape index (κ3) is 2.81. The van der Waals surface area contributed by atoms with Gasteiger partial charge in [0.05, 0.1) is 16.7 Å². The maximum atomic E-state index is 5.41. The second-order valence-electron chi connectivity index (χ2n) is 12.7. The molecule has 0 N–H and O–H groups in total. The van der Waals surface area contributed by atoms with Crippen molar-refractivity contribution in [3.63, 3.8) is 0 Å². The fraction of sp³-hybridized carbons (Fsp3) is 0.0227. The molecule has 46 heavy (non-hydrogen) atoms. The van der Waals surface area contributed by atoms with Crippen molar-refractivity contribution in [3.05, 3.63) is 180 Å². The average molecular weight is 583 g/mol. The summed E-state index contributed by atoms with van der Waals surface area (Å²) in [4.78, 5) is 5.41. The van der Waals surface area contributed by atoms with Crippen molar-refractivity contribution in [2.24, 2.45) is 0 Å². The van der Waals surface area contributed by atoms with Gasteiger partial charge in [0, 0.05) is 0 Å². The van der Waals surface area contributed by atoms with Crippen LogP contribution in [0.15, 0.2) is 158 Å². The van der Waals surface area contributed by atoms with Gasteiger partial charge in [0.2, 0.25) is 0 Å². The molecule has 1 aliphatic heterocycles. The van der Waals surface area contributed by atoms with Crippen LogP contribution in [0.25, 0.3) is 71.3 Å². The molecule has 0 radical (unpaired) electrons. The first-order chi connectivity index (χ1) is 22.8. The molecule has 9 aromatic rings. The van der Waals surface area contributed by atoms with E-state index in [0.717, 1.165) is 16.9 Å². The van der Waals surface area contributed by atoms with Crippen molar-refractivity contribution in [1.82, 2.24) is 9.55 Å². The zero-order chi connectivity index (χ0) is 30.0. The highest BCUT2D eigenvalue weighted by atomic mass is 15.1. The Hall–Kier alpha value is -5.99. The molecular formula is C44H26N2. The van der Waals surface area contributed by atoms with Crippen LogP contribution in [0.3, 0.4) is 0 Å². The van der Waals surface area contributed by atoms with Gasteiger partial charge in [-0.3, -0.25) is 4.57 Å². The highest BCUT2D eigenvalue weighted by Crippen LogP contribution is 2.62. The topological polar surface area (TPSA) is 17.8 Å². The molecule has 8 aromatic carbocycles. The van der Waals surface area contributed by atoms with Gasteiger partial charge in [0.25, 0.3) is 0 Å². The first-order valence-electron chi connectivity index (χ1n) is 16.0. The van der Waals surface area contributed by atoms with Crippen LogP contribution in [0.4, 0.5) is 0 Å². The molecule has 2 aliphatic rings. The fourth-order valence-electron chi connectivity index (χ4n) is 8.80. The van der Waals surface area contributed by atoms with Crippen LogP contribution in [0.5, 0.6) is 0 Å². The van der Waals surface area contributed by atoms with E-state index in [-0.39, 0.29) is 0 Å². The van der Waals surface area contributed by atoms with Gasteiger partial charge in [-0.25, -0.2) is 4.98 Å². The van der Waals surface area contributed by atoms with E-state index in [2.05, 4.69) is 162 Å². The van der Waals surface area contributed by atoms with Gasteiger partial charge in [-0.05, 0) is 95.5 Å². The van der Waals surface area contributed by atoms with Gasteiger partial charge < -0.3 is 0 Å². The van der Waals surface area contributed by atoms with Crippen LogP contribution in [0, 0.1) is 0 Å². The van der Waals surface area contributed by atoms with Crippen molar-refractivity contribution in [2.45, 2.75) is 5.41 Å². The van der Waals surface area contributed by atoms with Crippen LogP contribution in [0.1, 0.15) is 22.5 Å². The van der Waals surface area contributed by atoms with Gasteiger partial charge in [0.15, 0.2) is 0 Å². The molecule has 11 rings (SSSR count). The first kappa shape index (κ1) is 24.3. The smallest absolute Gasteiger partial charge is 0.134 e. The molecule has 0 saturated heterocycles. The first-order valence-corrected chi connectivity index (χ1v) is 16.0. The summed E-state index contributed by atoms with van der Waals surface area (Å²) in [5.74, 6) is 1.08. The van der Waals surface area contributed by atoms with Gasteiger partial charge in [-0.2, -0.15) is 0 Å². The lowest BCUT2D eigenvalue weighted by Crippen LogP contribution is -2.27.